The Morgan fingerprint density at radius 2 is 1.86 bits per heavy atom. The molecule has 0 saturated heterocycles. The number of halogens is 2. The van der Waals surface area contributed by atoms with Crippen LogP contribution in [0.4, 0.5) is 11.4 Å². The van der Waals surface area contributed by atoms with Crippen molar-refractivity contribution in [3.05, 3.63) is 57.6 Å². The molecule has 0 fully saturated rings. The fraction of sp³-hybridized carbons (Fsp3) is 0.235. The van der Waals surface area contributed by atoms with Crippen LogP contribution in [0.2, 0.25) is 10.0 Å². The molecular weight excluding hydrogens is 319 g/mol. The van der Waals surface area contributed by atoms with E-state index in [0.717, 1.165) is 16.8 Å². The summed E-state index contributed by atoms with van der Waals surface area (Å²) in [5.41, 5.74) is 3.58. The van der Waals surface area contributed by atoms with Crippen molar-refractivity contribution >= 4 is 40.5 Å². The van der Waals surface area contributed by atoms with Gasteiger partial charge in [0.05, 0.1) is 17.3 Å². The number of amides is 1. The number of carbonyl (C=O) groups excluding carboxylic acids is 1. The van der Waals surface area contributed by atoms with Crippen molar-refractivity contribution in [3.8, 4) is 0 Å². The summed E-state index contributed by atoms with van der Waals surface area (Å²) in [7, 11) is 1.86. The number of nitrogens with zero attached hydrogens (tertiary/aromatic N) is 1. The lowest BCUT2D eigenvalue weighted by atomic mass is 10.2. The summed E-state index contributed by atoms with van der Waals surface area (Å²) in [4.78, 5) is 14.1. The lowest BCUT2D eigenvalue weighted by molar-refractivity contribution is -0.114. The smallest absolute Gasteiger partial charge is 0.243 e. The van der Waals surface area contributed by atoms with Crippen LogP contribution < -0.4 is 10.2 Å². The Labute approximate surface area is 140 Å². The van der Waals surface area contributed by atoms with E-state index in [1.165, 1.54) is 0 Å². The molecule has 0 aliphatic heterocycles. The highest BCUT2D eigenvalue weighted by atomic mass is 35.5. The Balaban J connectivity index is 2.10. The standard InChI is InChI=1S/C17H18Cl2N2O/c1-11-7-8-13(18)9-15(11)21(3)10-16(22)20-17-12(2)5-4-6-14(17)19/h4-9H,10H2,1-3H3,(H,20,22). The lowest BCUT2D eigenvalue weighted by Gasteiger charge is -2.21. The van der Waals surface area contributed by atoms with Gasteiger partial charge in [-0.25, -0.2) is 0 Å². The Kier molecular flexibility index (Phi) is 5.33. The largest absolute Gasteiger partial charge is 0.365 e. The van der Waals surface area contributed by atoms with E-state index in [2.05, 4.69) is 5.32 Å². The van der Waals surface area contributed by atoms with Crippen LogP contribution in [0.1, 0.15) is 11.1 Å². The molecule has 0 unspecified atom stereocenters. The van der Waals surface area contributed by atoms with E-state index in [9.17, 15) is 4.79 Å². The highest BCUT2D eigenvalue weighted by molar-refractivity contribution is 6.34. The minimum absolute atomic E-state index is 0.127. The van der Waals surface area contributed by atoms with Gasteiger partial charge in [0.25, 0.3) is 0 Å². The molecule has 0 saturated carbocycles. The zero-order valence-corrected chi connectivity index (χ0v) is 14.3. The molecule has 5 heteroatoms. The van der Waals surface area contributed by atoms with Crippen LogP contribution in [0.5, 0.6) is 0 Å². The SMILES string of the molecule is Cc1ccc(Cl)cc1N(C)CC(=O)Nc1c(C)cccc1Cl. The van der Waals surface area contributed by atoms with Gasteiger partial charge in [-0.05, 0) is 43.2 Å². The van der Waals surface area contributed by atoms with Gasteiger partial charge < -0.3 is 10.2 Å². The maximum Gasteiger partial charge on any atom is 0.243 e. The Hall–Kier alpha value is -1.71. The number of carbonyl (C=O) groups is 1. The zero-order chi connectivity index (χ0) is 16.3. The summed E-state index contributed by atoms with van der Waals surface area (Å²) in [6.45, 7) is 4.11. The zero-order valence-electron chi connectivity index (χ0n) is 12.8. The van der Waals surface area contributed by atoms with Crippen molar-refractivity contribution in [2.45, 2.75) is 13.8 Å². The number of benzene rings is 2. The highest BCUT2D eigenvalue weighted by Gasteiger charge is 2.12. The number of nitrogens with one attached hydrogen (secondary N) is 1. The summed E-state index contributed by atoms with van der Waals surface area (Å²) >= 11 is 12.2. The van der Waals surface area contributed by atoms with Crippen LogP contribution in [-0.4, -0.2) is 19.5 Å². The van der Waals surface area contributed by atoms with Crippen molar-refractivity contribution in [2.75, 3.05) is 23.8 Å². The van der Waals surface area contributed by atoms with Gasteiger partial charge >= 0.3 is 0 Å². The summed E-state index contributed by atoms with van der Waals surface area (Å²) < 4.78 is 0. The third-order valence-corrected chi connectivity index (χ3v) is 4.00. The van der Waals surface area contributed by atoms with Crippen LogP contribution in [-0.2, 0) is 4.79 Å². The normalized spacial score (nSPS) is 10.4. The minimum atomic E-state index is -0.127. The first-order chi connectivity index (χ1) is 10.4. The number of hydrogen-bond donors (Lipinski definition) is 1. The molecule has 0 aliphatic carbocycles. The monoisotopic (exact) mass is 336 g/mol. The molecule has 0 atom stereocenters. The average Bonchev–Trinajstić information content (AvgIpc) is 2.45. The fourth-order valence-corrected chi connectivity index (χ4v) is 2.70. The molecule has 1 amide bonds. The Morgan fingerprint density at radius 3 is 2.55 bits per heavy atom. The maximum absolute atomic E-state index is 12.3. The second kappa shape index (κ2) is 7.03. The molecule has 2 aromatic carbocycles. The predicted octanol–water partition coefficient (Wildman–Crippen LogP) is 4.69. The summed E-state index contributed by atoms with van der Waals surface area (Å²) in [5.74, 6) is -0.127. The van der Waals surface area contributed by atoms with Crippen molar-refractivity contribution in [3.63, 3.8) is 0 Å². The van der Waals surface area contributed by atoms with Crippen LogP contribution >= 0.6 is 23.2 Å². The molecule has 0 aliphatic rings. The second-order valence-corrected chi connectivity index (χ2v) is 6.11. The molecule has 1 N–H and O–H groups in total. The fourth-order valence-electron chi connectivity index (χ4n) is 2.26. The first-order valence-electron chi connectivity index (χ1n) is 6.90. The van der Waals surface area contributed by atoms with E-state index >= 15 is 0 Å². The van der Waals surface area contributed by atoms with Crippen LogP contribution in [0, 0.1) is 13.8 Å². The van der Waals surface area contributed by atoms with Gasteiger partial charge in [-0.15, -0.1) is 0 Å². The molecule has 2 aromatic rings. The number of hydrogen-bond acceptors (Lipinski definition) is 2. The second-order valence-electron chi connectivity index (χ2n) is 5.27. The number of rotatable bonds is 4. The minimum Gasteiger partial charge on any atom is -0.365 e. The van der Waals surface area contributed by atoms with Gasteiger partial charge in [-0.1, -0.05) is 41.4 Å². The summed E-state index contributed by atoms with van der Waals surface area (Å²) in [6.07, 6.45) is 0. The molecule has 116 valence electrons. The average molecular weight is 337 g/mol. The van der Waals surface area contributed by atoms with Crippen molar-refractivity contribution in [1.82, 2.24) is 0 Å². The van der Waals surface area contributed by atoms with E-state index in [1.807, 2.05) is 56.1 Å². The van der Waals surface area contributed by atoms with Gasteiger partial charge in [0.1, 0.15) is 0 Å². The molecule has 0 heterocycles. The summed E-state index contributed by atoms with van der Waals surface area (Å²) in [5, 5.41) is 4.05. The lowest BCUT2D eigenvalue weighted by Crippen LogP contribution is -2.30. The third kappa shape index (κ3) is 3.93. The van der Waals surface area contributed by atoms with Gasteiger partial charge in [0.2, 0.25) is 5.91 Å². The number of aryl methyl sites for hydroxylation is 2. The Morgan fingerprint density at radius 1 is 1.14 bits per heavy atom. The molecule has 22 heavy (non-hydrogen) atoms. The summed E-state index contributed by atoms with van der Waals surface area (Å²) in [6, 6.07) is 11.1. The molecule has 3 nitrogen and oxygen atoms in total. The van der Waals surface area contributed by atoms with Crippen molar-refractivity contribution in [1.29, 1.82) is 0 Å². The molecule has 0 bridgehead atoms. The van der Waals surface area contributed by atoms with E-state index in [-0.39, 0.29) is 12.5 Å². The van der Waals surface area contributed by atoms with Gasteiger partial charge in [-0.2, -0.15) is 0 Å². The van der Waals surface area contributed by atoms with Crippen molar-refractivity contribution in [2.24, 2.45) is 0 Å². The van der Waals surface area contributed by atoms with E-state index in [4.69, 9.17) is 23.2 Å². The predicted molar refractivity (Wildman–Crippen MR) is 94.3 cm³/mol. The molecular formula is C17H18Cl2N2O. The topological polar surface area (TPSA) is 32.3 Å². The number of likely N-dealkylation sites (N-methyl/N-ethyl adjacent to an activating group) is 1. The van der Waals surface area contributed by atoms with Crippen LogP contribution in [0.25, 0.3) is 0 Å². The van der Waals surface area contributed by atoms with E-state index < -0.39 is 0 Å². The number of para-hydroxylation sites is 1. The maximum atomic E-state index is 12.3. The van der Waals surface area contributed by atoms with E-state index in [0.29, 0.717) is 15.7 Å². The first-order valence-corrected chi connectivity index (χ1v) is 7.66. The van der Waals surface area contributed by atoms with Gasteiger partial charge in [-0.3, -0.25) is 4.79 Å². The van der Waals surface area contributed by atoms with E-state index in [1.54, 1.807) is 6.07 Å². The third-order valence-electron chi connectivity index (χ3n) is 3.45. The van der Waals surface area contributed by atoms with Gasteiger partial charge in [0, 0.05) is 17.8 Å². The quantitative estimate of drug-likeness (QED) is 0.878. The molecule has 0 spiro atoms. The molecule has 0 aromatic heterocycles. The Bertz CT molecular complexity index is 681. The van der Waals surface area contributed by atoms with Gasteiger partial charge in [0.15, 0.2) is 0 Å². The molecule has 0 radical (unpaired) electrons. The van der Waals surface area contributed by atoms with Crippen LogP contribution in [0.3, 0.4) is 0 Å². The van der Waals surface area contributed by atoms with Crippen molar-refractivity contribution < 1.29 is 4.79 Å². The first kappa shape index (κ1) is 16.7. The highest BCUT2D eigenvalue weighted by Crippen LogP contribution is 2.26. The van der Waals surface area contributed by atoms with Crippen LogP contribution in [0.15, 0.2) is 36.4 Å². The number of anilines is 2. The molecule has 2 rings (SSSR count).